The number of hydrogen-bond donors (Lipinski definition) is 3. The summed E-state index contributed by atoms with van der Waals surface area (Å²) in [6.45, 7) is 3.15. The van der Waals surface area contributed by atoms with Gasteiger partial charge in [0, 0.05) is 35.8 Å². The largest absolute Gasteiger partial charge is 0.381 e. The van der Waals surface area contributed by atoms with Crippen molar-refractivity contribution in [3.63, 3.8) is 0 Å². The standard InChI is InChI=1S/C20H19BrN4O2/c21-14-6-16(18-17(7-14)24-19(25-18)12-3-4-27-10-12)20(26)23-15-2-1-11-8-22-9-13(11)5-15/h1-2,5-7,12,22H,3-4,8-10H2,(H,23,26)(H,24,25)/t12-/m0/s1. The van der Waals surface area contributed by atoms with Gasteiger partial charge < -0.3 is 20.4 Å². The van der Waals surface area contributed by atoms with E-state index in [2.05, 4.69) is 37.6 Å². The lowest BCUT2D eigenvalue weighted by atomic mass is 10.1. The molecule has 3 N–H and O–H groups in total. The molecule has 3 heterocycles. The highest BCUT2D eigenvalue weighted by Crippen LogP contribution is 2.29. The smallest absolute Gasteiger partial charge is 0.257 e. The van der Waals surface area contributed by atoms with Crippen LogP contribution in [0.25, 0.3) is 11.0 Å². The second-order valence-corrected chi connectivity index (χ2v) is 7.99. The Balaban J connectivity index is 1.48. The predicted molar refractivity (Wildman–Crippen MR) is 107 cm³/mol. The number of imidazole rings is 1. The number of benzene rings is 2. The first-order valence-electron chi connectivity index (χ1n) is 9.08. The molecule has 0 unspecified atom stereocenters. The van der Waals surface area contributed by atoms with Crippen molar-refractivity contribution in [2.45, 2.75) is 25.4 Å². The van der Waals surface area contributed by atoms with Crippen LogP contribution in [0.1, 0.15) is 39.6 Å². The molecule has 0 radical (unpaired) electrons. The highest BCUT2D eigenvalue weighted by atomic mass is 79.9. The molecule has 1 saturated heterocycles. The molecule has 7 heteroatoms. The molecule has 1 aromatic heterocycles. The fourth-order valence-electron chi connectivity index (χ4n) is 3.79. The van der Waals surface area contributed by atoms with Crippen LogP contribution in [0.2, 0.25) is 0 Å². The van der Waals surface area contributed by atoms with Crippen molar-refractivity contribution in [2.75, 3.05) is 18.5 Å². The summed E-state index contributed by atoms with van der Waals surface area (Å²) in [6, 6.07) is 9.83. The van der Waals surface area contributed by atoms with Gasteiger partial charge in [-0.05, 0) is 41.8 Å². The normalized spacial score (nSPS) is 18.8. The Bertz CT molecular complexity index is 1040. The van der Waals surface area contributed by atoms with Gasteiger partial charge in [0.25, 0.3) is 5.91 Å². The summed E-state index contributed by atoms with van der Waals surface area (Å²) in [6.07, 6.45) is 0.950. The van der Waals surface area contributed by atoms with Crippen molar-refractivity contribution in [3.05, 3.63) is 57.3 Å². The van der Waals surface area contributed by atoms with Crippen LogP contribution in [0.15, 0.2) is 34.8 Å². The summed E-state index contributed by atoms with van der Waals surface area (Å²) in [5.74, 6) is 0.988. The topological polar surface area (TPSA) is 79.0 Å². The van der Waals surface area contributed by atoms with E-state index in [0.717, 1.165) is 47.6 Å². The quantitative estimate of drug-likeness (QED) is 0.596. The fourth-order valence-corrected chi connectivity index (χ4v) is 4.25. The van der Waals surface area contributed by atoms with E-state index in [0.29, 0.717) is 17.7 Å². The Kier molecular flexibility index (Phi) is 4.22. The minimum Gasteiger partial charge on any atom is -0.381 e. The average molecular weight is 427 g/mol. The molecular weight excluding hydrogens is 408 g/mol. The monoisotopic (exact) mass is 426 g/mol. The van der Waals surface area contributed by atoms with E-state index in [4.69, 9.17) is 9.72 Å². The van der Waals surface area contributed by atoms with Crippen LogP contribution >= 0.6 is 15.9 Å². The van der Waals surface area contributed by atoms with Gasteiger partial charge in [0.1, 0.15) is 11.3 Å². The summed E-state index contributed by atoms with van der Waals surface area (Å²) >= 11 is 3.51. The SMILES string of the molecule is O=C(Nc1ccc2c(c1)CNC2)c1cc(Br)cc2[nH]c([C@H]3CCOC3)nc12. The van der Waals surface area contributed by atoms with E-state index in [9.17, 15) is 4.79 Å². The van der Waals surface area contributed by atoms with Gasteiger partial charge in [-0.2, -0.15) is 0 Å². The van der Waals surface area contributed by atoms with Gasteiger partial charge >= 0.3 is 0 Å². The maximum absolute atomic E-state index is 13.0. The molecule has 3 aromatic rings. The van der Waals surface area contributed by atoms with Crippen molar-refractivity contribution >= 4 is 38.6 Å². The highest BCUT2D eigenvalue weighted by molar-refractivity contribution is 9.10. The fraction of sp³-hybridized carbons (Fsp3) is 0.300. The van der Waals surface area contributed by atoms with E-state index in [1.165, 1.54) is 11.1 Å². The van der Waals surface area contributed by atoms with Gasteiger partial charge in [0.2, 0.25) is 0 Å². The van der Waals surface area contributed by atoms with Crippen LogP contribution in [-0.2, 0) is 17.8 Å². The van der Waals surface area contributed by atoms with Crippen LogP contribution in [0.5, 0.6) is 0 Å². The number of H-pyrrole nitrogens is 1. The number of carbonyl (C=O) groups is 1. The van der Waals surface area contributed by atoms with Crippen molar-refractivity contribution in [1.82, 2.24) is 15.3 Å². The summed E-state index contributed by atoms with van der Waals surface area (Å²) in [5, 5.41) is 6.34. The Morgan fingerprint density at radius 2 is 2.11 bits per heavy atom. The molecule has 0 aliphatic carbocycles. The lowest BCUT2D eigenvalue weighted by molar-refractivity contribution is 0.102. The number of aromatic nitrogens is 2. The molecule has 1 fully saturated rings. The molecule has 1 amide bonds. The number of ether oxygens (including phenoxy) is 1. The molecular formula is C20H19BrN4O2. The maximum Gasteiger partial charge on any atom is 0.257 e. The molecule has 2 aliphatic heterocycles. The summed E-state index contributed by atoms with van der Waals surface area (Å²) in [5.41, 5.74) is 5.42. The van der Waals surface area contributed by atoms with E-state index >= 15 is 0 Å². The zero-order valence-corrected chi connectivity index (χ0v) is 16.2. The minimum atomic E-state index is -0.159. The molecule has 0 saturated carbocycles. The first-order chi connectivity index (χ1) is 13.2. The van der Waals surface area contributed by atoms with Crippen LogP contribution in [0, 0.1) is 0 Å². The number of amides is 1. The van der Waals surface area contributed by atoms with E-state index in [-0.39, 0.29) is 11.8 Å². The molecule has 6 nitrogen and oxygen atoms in total. The average Bonchev–Trinajstić information content (AvgIpc) is 3.39. The van der Waals surface area contributed by atoms with Gasteiger partial charge in [-0.25, -0.2) is 4.98 Å². The molecule has 138 valence electrons. The molecule has 1 atom stereocenters. The molecule has 0 bridgehead atoms. The maximum atomic E-state index is 13.0. The van der Waals surface area contributed by atoms with E-state index in [1.807, 2.05) is 24.3 Å². The van der Waals surface area contributed by atoms with E-state index < -0.39 is 0 Å². The van der Waals surface area contributed by atoms with Gasteiger partial charge in [-0.15, -0.1) is 0 Å². The Morgan fingerprint density at radius 3 is 2.96 bits per heavy atom. The van der Waals surface area contributed by atoms with Crippen molar-refractivity contribution in [3.8, 4) is 0 Å². The van der Waals surface area contributed by atoms with Gasteiger partial charge in [0.15, 0.2) is 0 Å². The number of aromatic amines is 1. The molecule has 27 heavy (non-hydrogen) atoms. The van der Waals surface area contributed by atoms with Crippen LogP contribution in [0.4, 0.5) is 5.69 Å². The van der Waals surface area contributed by atoms with Crippen LogP contribution in [-0.4, -0.2) is 29.1 Å². The minimum absolute atomic E-state index is 0.159. The second kappa shape index (κ2) is 6.74. The third-order valence-electron chi connectivity index (χ3n) is 5.23. The summed E-state index contributed by atoms with van der Waals surface area (Å²) in [7, 11) is 0. The molecule has 5 rings (SSSR count). The number of fused-ring (bicyclic) bond motifs is 2. The van der Waals surface area contributed by atoms with Crippen LogP contribution in [0.3, 0.4) is 0 Å². The Morgan fingerprint density at radius 1 is 1.22 bits per heavy atom. The Labute approximate surface area is 164 Å². The number of nitrogens with zero attached hydrogens (tertiary/aromatic N) is 1. The zero-order chi connectivity index (χ0) is 18.4. The number of hydrogen-bond acceptors (Lipinski definition) is 4. The lowest BCUT2D eigenvalue weighted by Crippen LogP contribution is -2.13. The Hall–Kier alpha value is -2.22. The number of rotatable bonds is 3. The van der Waals surface area contributed by atoms with Crippen molar-refractivity contribution in [2.24, 2.45) is 0 Å². The number of nitrogens with one attached hydrogen (secondary N) is 3. The molecule has 2 aliphatic rings. The first-order valence-corrected chi connectivity index (χ1v) is 9.87. The first kappa shape index (κ1) is 16.9. The summed E-state index contributed by atoms with van der Waals surface area (Å²) < 4.78 is 6.31. The number of carbonyl (C=O) groups excluding carboxylic acids is 1. The number of anilines is 1. The lowest BCUT2D eigenvalue weighted by Gasteiger charge is -2.08. The van der Waals surface area contributed by atoms with Gasteiger partial charge in [-0.3, -0.25) is 4.79 Å². The molecule has 2 aromatic carbocycles. The molecule has 0 spiro atoms. The predicted octanol–water partition coefficient (Wildman–Crippen LogP) is 3.68. The van der Waals surface area contributed by atoms with E-state index in [1.54, 1.807) is 0 Å². The van der Waals surface area contributed by atoms with Crippen molar-refractivity contribution < 1.29 is 9.53 Å². The van der Waals surface area contributed by atoms with Gasteiger partial charge in [-0.1, -0.05) is 22.0 Å². The number of halogens is 1. The van der Waals surface area contributed by atoms with Gasteiger partial charge in [0.05, 0.1) is 17.7 Å². The highest BCUT2D eigenvalue weighted by Gasteiger charge is 2.23. The summed E-state index contributed by atoms with van der Waals surface area (Å²) in [4.78, 5) is 21.1. The third-order valence-corrected chi connectivity index (χ3v) is 5.68. The zero-order valence-electron chi connectivity index (χ0n) is 14.6. The second-order valence-electron chi connectivity index (χ2n) is 7.07. The third kappa shape index (κ3) is 3.16. The van der Waals surface area contributed by atoms with Crippen LogP contribution < -0.4 is 10.6 Å². The van der Waals surface area contributed by atoms with Crippen molar-refractivity contribution in [1.29, 1.82) is 0 Å².